The van der Waals surface area contributed by atoms with E-state index in [0.29, 0.717) is 39.8 Å². The topological polar surface area (TPSA) is 86.2 Å². The van der Waals surface area contributed by atoms with Gasteiger partial charge in [-0.05, 0) is 77.9 Å². The molecule has 0 saturated heterocycles. The van der Waals surface area contributed by atoms with Crippen LogP contribution in [-0.4, -0.2) is 25.2 Å². The largest absolute Gasteiger partial charge is 0.493 e. The third-order valence-electron chi connectivity index (χ3n) is 5.21. The second-order valence-electron chi connectivity index (χ2n) is 7.80. The van der Waals surface area contributed by atoms with Crippen molar-refractivity contribution in [1.29, 1.82) is 0 Å². The zero-order chi connectivity index (χ0) is 26.0. The average molecular weight is 515 g/mol. The van der Waals surface area contributed by atoms with Gasteiger partial charge in [-0.3, -0.25) is 4.79 Å². The molecule has 4 aromatic rings. The molecule has 0 fully saturated rings. The van der Waals surface area contributed by atoms with E-state index in [0.717, 1.165) is 5.56 Å². The summed E-state index contributed by atoms with van der Waals surface area (Å²) in [6, 6.07) is 27.9. The highest BCUT2D eigenvalue weighted by atomic mass is 35.5. The molecule has 0 atom stereocenters. The van der Waals surface area contributed by atoms with Crippen molar-refractivity contribution in [3.63, 3.8) is 0 Å². The summed E-state index contributed by atoms with van der Waals surface area (Å²) < 4.78 is 16.5. The number of halogens is 1. The Balaban J connectivity index is 1.32. The standard InChI is InChI=1S/C29H23ClN2O5/c1-35-27-17-21(7-16-26(27)37-29(34)23-8-12-24(30)13-9-23)18-31-32-28(33)22-10-14-25(15-11-22)36-19-20-5-3-2-4-6-20/h2-18H,19H2,1H3,(H,32,33)/b31-18-. The lowest BCUT2D eigenvalue weighted by Gasteiger charge is -2.10. The number of nitrogens with one attached hydrogen (secondary N) is 1. The first kappa shape index (κ1) is 25.5. The van der Waals surface area contributed by atoms with Gasteiger partial charge in [-0.2, -0.15) is 5.10 Å². The highest BCUT2D eigenvalue weighted by Gasteiger charge is 2.13. The molecule has 0 aliphatic rings. The third kappa shape index (κ3) is 7.19. The van der Waals surface area contributed by atoms with Gasteiger partial charge in [0.05, 0.1) is 18.9 Å². The van der Waals surface area contributed by atoms with E-state index in [4.69, 9.17) is 25.8 Å². The Bertz CT molecular complexity index is 1390. The smallest absolute Gasteiger partial charge is 0.343 e. The average Bonchev–Trinajstić information content (AvgIpc) is 2.93. The molecule has 0 radical (unpaired) electrons. The number of hydrogen-bond donors (Lipinski definition) is 1. The van der Waals surface area contributed by atoms with Crippen molar-refractivity contribution < 1.29 is 23.8 Å². The first-order valence-corrected chi connectivity index (χ1v) is 11.7. The minimum atomic E-state index is -0.542. The van der Waals surface area contributed by atoms with Crippen LogP contribution in [0.4, 0.5) is 0 Å². The van der Waals surface area contributed by atoms with Gasteiger partial charge in [-0.25, -0.2) is 10.2 Å². The molecule has 7 nitrogen and oxygen atoms in total. The van der Waals surface area contributed by atoms with Crippen LogP contribution in [0.1, 0.15) is 31.8 Å². The number of hydrogen-bond acceptors (Lipinski definition) is 6. The lowest BCUT2D eigenvalue weighted by molar-refractivity contribution is 0.0729. The van der Waals surface area contributed by atoms with Crippen LogP contribution in [0.2, 0.25) is 5.02 Å². The summed E-state index contributed by atoms with van der Waals surface area (Å²) in [5.74, 6) is 0.334. The van der Waals surface area contributed by atoms with Crippen LogP contribution in [0.15, 0.2) is 102 Å². The molecular formula is C29H23ClN2O5. The fraction of sp³-hybridized carbons (Fsp3) is 0.0690. The molecule has 4 rings (SSSR count). The number of esters is 1. The van der Waals surface area contributed by atoms with E-state index in [-0.39, 0.29) is 11.7 Å². The molecule has 0 saturated carbocycles. The number of benzene rings is 4. The molecule has 0 bridgehead atoms. The summed E-state index contributed by atoms with van der Waals surface area (Å²) in [5, 5.41) is 4.53. The first-order valence-electron chi connectivity index (χ1n) is 11.3. The van der Waals surface area contributed by atoms with Crippen molar-refractivity contribution in [2.45, 2.75) is 6.61 Å². The van der Waals surface area contributed by atoms with E-state index >= 15 is 0 Å². The highest BCUT2D eigenvalue weighted by Crippen LogP contribution is 2.28. The Kier molecular flexibility index (Phi) is 8.52. The van der Waals surface area contributed by atoms with Gasteiger partial charge in [0.2, 0.25) is 0 Å². The van der Waals surface area contributed by atoms with Gasteiger partial charge in [-0.15, -0.1) is 0 Å². The van der Waals surface area contributed by atoms with Crippen molar-refractivity contribution >= 4 is 29.7 Å². The normalized spacial score (nSPS) is 10.6. The van der Waals surface area contributed by atoms with Crippen molar-refractivity contribution in [1.82, 2.24) is 5.43 Å². The lowest BCUT2D eigenvalue weighted by atomic mass is 10.2. The predicted molar refractivity (Wildman–Crippen MR) is 142 cm³/mol. The van der Waals surface area contributed by atoms with E-state index in [1.807, 2.05) is 30.3 Å². The van der Waals surface area contributed by atoms with Gasteiger partial charge in [0.25, 0.3) is 5.91 Å². The maximum Gasteiger partial charge on any atom is 0.343 e. The van der Waals surface area contributed by atoms with Crippen LogP contribution in [0.3, 0.4) is 0 Å². The Labute approximate surface area is 219 Å². The molecule has 8 heteroatoms. The van der Waals surface area contributed by atoms with Crippen LogP contribution in [0.5, 0.6) is 17.2 Å². The molecule has 1 N–H and O–H groups in total. The third-order valence-corrected chi connectivity index (χ3v) is 5.47. The SMILES string of the molecule is COc1cc(/C=N\NC(=O)c2ccc(OCc3ccccc3)cc2)ccc1OC(=O)c1ccc(Cl)cc1. The Morgan fingerprint density at radius 2 is 1.57 bits per heavy atom. The Morgan fingerprint density at radius 3 is 2.27 bits per heavy atom. The fourth-order valence-electron chi connectivity index (χ4n) is 3.27. The Hall–Kier alpha value is -4.62. The van der Waals surface area contributed by atoms with Gasteiger partial charge in [-0.1, -0.05) is 41.9 Å². The fourth-order valence-corrected chi connectivity index (χ4v) is 3.39. The quantitative estimate of drug-likeness (QED) is 0.130. The second kappa shape index (κ2) is 12.4. The zero-order valence-corrected chi connectivity index (χ0v) is 20.6. The first-order chi connectivity index (χ1) is 18.0. The number of hydrazone groups is 1. The van der Waals surface area contributed by atoms with Crippen molar-refractivity contribution in [2.75, 3.05) is 7.11 Å². The van der Waals surface area contributed by atoms with Gasteiger partial charge >= 0.3 is 5.97 Å². The second-order valence-corrected chi connectivity index (χ2v) is 8.24. The Morgan fingerprint density at radius 1 is 0.865 bits per heavy atom. The van der Waals surface area contributed by atoms with Gasteiger partial charge in [0.15, 0.2) is 11.5 Å². The van der Waals surface area contributed by atoms with E-state index in [2.05, 4.69) is 10.5 Å². The van der Waals surface area contributed by atoms with E-state index < -0.39 is 5.97 Å². The van der Waals surface area contributed by atoms with Gasteiger partial charge in [0.1, 0.15) is 12.4 Å². The molecule has 0 aliphatic carbocycles. The van der Waals surface area contributed by atoms with E-state index in [9.17, 15) is 9.59 Å². The number of nitrogens with zero attached hydrogens (tertiary/aromatic N) is 1. The van der Waals surface area contributed by atoms with Crippen LogP contribution < -0.4 is 19.6 Å². The van der Waals surface area contributed by atoms with Crippen LogP contribution >= 0.6 is 11.6 Å². The van der Waals surface area contributed by atoms with Gasteiger partial charge < -0.3 is 14.2 Å². The summed E-state index contributed by atoms with van der Waals surface area (Å²) in [7, 11) is 1.46. The lowest BCUT2D eigenvalue weighted by Crippen LogP contribution is -2.17. The summed E-state index contributed by atoms with van der Waals surface area (Å²) in [6.45, 7) is 0.444. The summed E-state index contributed by atoms with van der Waals surface area (Å²) in [6.07, 6.45) is 1.46. The molecule has 1 amide bonds. The van der Waals surface area contributed by atoms with Crippen molar-refractivity contribution in [2.24, 2.45) is 5.10 Å². The minimum Gasteiger partial charge on any atom is -0.493 e. The molecule has 37 heavy (non-hydrogen) atoms. The number of carbonyl (C=O) groups excluding carboxylic acids is 2. The minimum absolute atomic E-state index is 0.248. The monoisotopic (exact) mass is 514 g/mol. The molecule has 0 heterocycles. The number of rotatable bonds is 9. The van der Waals surface area contributed by atoms with Crippen LogP contribution in [0, 0.1) is 0 Å². The summed E-state index contributed by atoms with van der Waals surface area (Å²) in [5.41, 5.74) is 4.97. The van der Waals surface area contributed by atoms with Crippen molar-refractivity contribution in [3.8, 4) is 17.2 Å². The van der Waals surface area contributed by atoms with E-state index in [1.165, 1.54) is 13.3 Å². The van der Waals surface area contributed by atoms with Crippen LogP contribution in [-0.2, 0) is 6.61 Å². The van der Waals surface area contributed by atoms with E-state index in [1.54, 1.807) is 66.7 Å². The highest BCUT2D eigenvalue weighted by molar-refractivity contribution is 6.30. The molecule has 0 unspecified atom stereocenters. The van der Waals surface area contributed by atoms with Crippen LogP contribution in [0.25, 0.3) is 0 Å². The maximum absolute atomic E-state index is 12.4. The molecule has 0 aliphatic heterocycles. The summed E-state index contributed by atoms with van der Waals surface area (Å²) >= 11 is 5.86. The molecule has 186 valence electrons. The maximum atomic E-state index is 12.4. The number of ether oxygens (including phenoxy) is 3. The molecule has 4 aromatic carbocycles. The molecule has 0 aromatic heterocycles. The number of methoxy groups -OCH3 is 1. The molecular weight excluding hydrogens is 492 g/mol. The predicted octanol–water partition coefficient (Wildman–Crippen LogP) is 5.91. The summed E-state index contributed by atoms with van der Waals surface area (Å²) in [4.78, 5) is 24.8. The number of carbonyl (C=O) groups is 2. The molecule has 0 spiro atoms. The zero-order valence-electron chi connectivity index (χ0n) is 19.9. The van der Waals surface area contributed by atoms with Gasteiger partial charge in [0, 0.05) is 10.6 Å². The van der Waals surface area contributed by atoms with Crippen molar-refractivity contribution in [3.05, 3.63) is 124 Å². The number of amides is 1.